The van der Waals surface area contributed by atoms with Gasteiger partial charge in [0.25, 0.3) is 0 Å². The quantitative estimate of drug-likeness (QED) is 0.679. The Morgan fingerprint density at radius 1 is 0.810 bits per heavy atom. The Morgan fingerprint density at radius 3 is 1.62 bits per heavy atom. The molecule has 21 heavy (non-hydrogen) atoms. The average Bonchev–Trinajstić information content (AvgIpc) is 2.51. The monoisotopic (exact) mass is 482 g/mol. The number of H-pyrrole nitrogens is 1. The zero-order valence-electron chi connectivity index (χ0n) is 11.3. The van der Waals surface area contributed by atoms with Crippen molar-refractivity contribution in [1.29, 1.82) is 0 Å². The number of hydrogen-bond donors (Lipinski definition) is 1. The van der Waals surface area contributed by atoms with Gasteiger partial charge in [-0.05, 0) is 0 Å². The zero-order chi connectivity index (χ0) is 15.9. The van der Waals surface area contributed by atoms with E-state index in [9.17, 15) is 9.59 Å². The summed E-state index contributed by atoms with van der Waals surface area (Å²) in [6, 6.07) is 6.06. The van der Waals surface area contributed by atoms with Gasteiger partial charge in [0.1, 0.15) is 0 Å². The molecule has 0 spiro atoms. The van der Waals surface area contributed by atoms with Gasteiger partial charge < -0.3 is 9.55 Å². The second-order valence-corrected chi connectivity index (χ2v) is 5.95. The van der Waals surface area contributed by atoms with Crippen LogP contribution in [0.3, 0.4) is 0 Å². The first kappa shape index (κ1) is 20.3. The molecule has 1 N–H and O–H groups in total. The lowest BCUT2D eigenvalue weighted by molar-refractivity contribution is 0.766. The van der Waals surface area contributed by atoms with E-state index >= 15 is 0 Å². The van der Waals surface area contributed by atoms with Crippen molar-refractivity contribution in [2.45, 2.75) is 6.54 Å². The van der Waals surface area contributed by atoms with Gasteiger partial charge in [0.05, 0.1) is 0 Å². The maximum atomic E-state index is 10.6. The summed E-state index contributed by atoms with van der Waals surface area (Å²) >= 11 is 9.71. The number of rotatable bonds is 3. The largest absolute Gasteiger partial charge is 0.367 e. The number of aromatic nitrogens is 2. The van der Waals surface area contributed by atoms with E-state index in [1.54, 1.807) is 36.9 Å². The van der Waals surface area contributed by atoms with Crippen LogP contribution in [0.25, 0.3) is 0 Å². The first-order valence-corrected chi connectivity index (χ1v) is 9.47. The Kier molecular flexibility index (Phi) is 13.8. The number of aromatic amines is 1. The molecule has 0 radical (unpaired) electrons. The van der Waals surface area contributed by atoms with Gasteiger partial charge in [-0.3, -0.25) is 9.59 Å². The van der Waals surface area contributed by atoms with Crippen molar-refractivity contribution in [1.82, 2.24) is 9.55 Å². The molecule has 0 aliphatic rings. The van der Waals surface area contributed by atoms with Crippen LogP contribution in [0.15, 0.2) is 58.6 Å². The average molecular weight is 485 g/mol. The molecule has 0 fully saturated rings. The third-order valence-electron chi connectivity index (χ3n) is 1.96. The van der Waals surface area contributed by atoms with Gasteiger partial charge in [-0.15, -0.1) is 0 Å². The van der Waals surface area contributed by atoms with E-state index in [0.29, 0.717) is 0 Å². The highest BCUT2D eigenvalue weighted by Crippen LogP contribution is 1.87. The lowest BCUT2D eigenvalue weighted by atomic mass is 10.5. The van der Waals surface area contributed by atoms with Crippen LogP contribution in [0.5, 0.6) is 0 Å². The van der Waals surface area contributed by atoms with Crippen molar-refractivity contribution in [3.63, 3.8) is 0 Å². The predicted octanol–water partition coefficient (Wildman–Crippen LogP) is 3.39. The standard InChI is InChI=1S/C7H8BrNO.C5H5NO.C2H4Br2/c8-3-6-9-4-1-7(10)2-5-9;7-5-1-3-6-4-2-5;3-1-2-4/h1-2,4-5H,3,6H2;1-4H,(H,6,7);1-2H2. The van der Waals surface area contributed by atoms with Gasteiger partial charge in [0.15, 0.2) is 10.9 Å². The normalized spacial score (nSPS) is 8.90. The van der Waals surface area contributed by atoms with Crippen LogP contribution in [0.1, 0.15) is 0 Å². The van der Waals surface area contributed by atoms with Gasteiger partial charge in [-0.2, -0.15) is 0 Å². The summed E-state index contributed by atoms with van der Waals surface area (Å²) < 4.78 is 1.95. The summed E-state index contributed by atoms with van der Waals surface area (Å²) in [5.41, 5.74) is 0.101. The third-order valence-corrected chi connectivity index (χ3v) is 4.17. The first-order valence-electron chi connectivity index (χ1n) is 6.11. The van der Waals surface area contributed by atoms with Crippen LogP contribution in [-0.4, -0.2) is 25.5 Å². The molecule has 0 unspecified atom stereocenters. The lowest BCUT2D eigenvalue weighted by Crippen LogP contribution is -2.03. The van der Waals surface area contributed by atoms with Crippen LogP contribution in [-0.2, 0) is 6.54 Å². The second kappa shape index (κ2) is 14.3. The Morgan fingerprint density at radius 2 is 1.29 bits per heavy atom. The first-order chi connectivity index (χ1) is 10.1. The molecule has 0 bridgehead atoms. The van der Waals surface area contributed by atoms with Crippen LogP contribution in [0.2, 0.25) is 0 Å². The highest BCUT2D eigenvalue weighted by molar-refractivity contribution is 9.12. The predicted molar refractivity (Wildman–Crippen MR) is 99.1 cm³/mol. The van der Waals surface area contributed by atoms with Crippen molar-refractivity contribution in [3.05, 3.63) is 69.5 Å². The number of alkyl halides is 3. The smallest absolute Gasteiger partial charge is 0.181 e. The zero-order valence-corrected chi connectivity index (χ0v) is 16.1. The van der Waals surface area contributed by atoms with E-state index in [4.69, 9.17) is 0 Å². The molecule has 0 saturated carbocycles. The Hall–Kier alpha value is -0.660. The van der Waals surface area contributed by atoms with Crippen molar-refractivity contribution in [2.75, 3.05) is 16.0 Å². The SMILES string of the molecule is BrCCBr.O=c1cc[nH]cc1.O=c1ccn(CCBr)cc1. The molecule has 2 aromatic heterocycles. The fourth-order valence-electron chi connectivity index (χ4n) is 1.06. The molecule has 2 rings (SSSR count). The second-order valence-electron chi connectivity index (χ2n) is 3.57. The number of nitrogens with zero attached hydrogens (tertiary/aromatic N) is 1. The molecule has 2 heterocycles. The lowest BCUT2D eigenvalue weighted by Gasteiger charge is -1.99. The Bertz CT molecular complexity index is 545. The van der Waals surface area contributed by atoms with Gasteiger partial charge >= 0.3 is 0 Å². The summed E-state index contributed by atoms with van der Waals surface area (Å²) in [6.45, 7) is 0.903. The molecular weight excluding hydrogens is 468 g/mol. The number of aryl methyl sites for hydroxylation is 1. The molecule has 0 aromatic carbocycles. The van der Waals surface area contributed by atoms with E-state index < -0.39 is 0 Å². The molecule has 0 atom stereocenters. The molecule has 0 aliphatic heterocycles. The van der Waals surface area contributed by atoms with E-state index in [1.807, 2.05) is 4.57 Å². The Balaban J connectivity index is 0.000000317. The van der Waals surface area contributed by atoms with E-state index in [1.165, 1.54) is 12.1 Å². The van der Waals surface area contributed by atoms with Crippen molar-refractivity contribution in [2.24, 2.45) is 0 Å². The minimum Gasteiger partial charge on any atom is -0.367 e. The summed E-state index contributed by atoms with van der Waals surface area (Å²) in [6.07, 6.45) is 6.76. The molecule has 2 aromatic rings. The minimum absolute atomic E-state index is 0.0405. The van der Waals surface area contributed by atoms with Gasteiger partial charge in [-0.1, -0.05) is 47.8 Å². The van der Waals surface area contributed by atoms with Gasteiger partial charge in [0, 0.05) is 71.6 Å². The van der Waals surface area contributed by atoms with Gasteiger partial charge in [0.2, 0.25) is 0 Å². The summed E-state index contributed by atoms with van der Waals surface area (Å²) in [4.78, 5) is 23.6. The molecule has 7 heteroatoms. The van der Waals surface area contributed by atoms with Crippen molar-refractivity contribution < 1.29 is 0 Å². The topological polar surface area (TPSA) is 54.9 Å². The number of nitrogens with one attached hydrogen (secondary N) is 1. The number of pyridine rings is 2. The summed E-state index contributed by atoms with van der Waals surface area (Å²) in [7, 11) is 0. The fraction of sp³-hybridized carbons (Fsp3) is 0.286. The fourth-order valence-corrected chi connectivity index (χ4v) is 1.47. The molecule has 0 saturated heterocycles. The molecule has 0 aliphatic carbocycles. The van der Waals surface area contributed by atoms with Crippen LogP contribution in [0, 0.1) is 0 Å². The van der Waals surface area contributed by atoms with Crippen LogP contribution < -0.4 is 10.9 Å². The third kappa shape index (κ3) is 12.8. The molecule has 116 valence electrons. The number of halogens is 3. The van der Waals surface area contributed by atoms with E-state index in [-0.39, 0.29) is 10.9 Å². The highest BCUT2D eigenvalue weighted by Gasteiger charge is 1.84. The minimum atomic E-state index is 0.0405. The van der Waals surface area contributed by atoms with E-state index in [2.05, 4.69) is 52.8 Å². The molecular formula is C14H17Br3N2O2. The molecule has 0 amide bonds. The van der Waals surface area contributed by atoms with Gasteiger partial charge in [-0.25, -0.2) is 0 Å². The van der Waals surface area contributed by atoms with Crippen LogP contribution >= 0.6 is 47.8 Å². The van der Waals surface area contributed by atoms with E-state index in [0.717, 1.165) is 22.5 Å². The highest BCUT2D eigenvalue weighted by atomic mass is 79.9. The Labute approximate surface area is 149 Å². The maximum absolute atomic E-state index is 10.6. The summed E-state index contributed by atoms with van der Waals surface area (Å²) in [5, 5.41) is 3.01. The summed E-state index contributed by atoms with van der Waals surface area (Å²) in [5.74, 6) is 0. The number of hydrogen-bond acceptors (Lipinski definition) is 2. The van der Waals surface area contributed by atoms with Crippen LogP contribution in [0.4, 0.5) is 0 Å². The molecule has 4 nitrogen and oxygen atoms in total. The van der Waals surface area contributed by atoms with Crippen molar-refractivity contribution in [3.8, 4) is 0 Å². The maximum Gasteiger partial charge on any atom is 0.181 e. The van der Waals surface area contributed by atoms with Crippen molar-refractivity contribution >= 4 is 47.8 Å².